The topological polar surface area (TPSA) is 85.6 Å². The van der Waals surface area contributed by atoms with Crippen molar-refractivity contribution in [3.05, 3.63) is 51.5 Å². The summed E-state index contributed by atoms with van der Waals surface area (Å²) in [6, 6.07) is 1.52. The number of nitrogens with one attached hydrogen (secondary N) is 1. The molecule has 1 amide bonds. The summed E-state index contributed by atoms with van der Waals surface area (Å²) < 4.78 is 39.2. The highest BCUT2D eigenvalue weighted by molar-refractivity contribution is 7.14. The number of alkyl halides is 3. The van der Waals surface area contributed by atoms with Crippen molar-refractivity contribution in [3.63, 3.8) is 0 Å². The highest BCUT2D eigenvalue weighted by Crippen LogP contribution is 2.27. The molecule has 12 heteroatoms. The Hall–Kier alpha value is -2.53. The van der Waals surface area contributed by atoms with E-state index in [0.717, 1.165) is 4.68 Å². The molecule has 0 aromatic carbocycles. The number of halogens is 4. The number of hydrogen-bond donors (Lipinski definition) is 1. The van der Waals surface area contributed by atoms with Crippen molar-refractivity contribution in [1.29, 1.82) is 0 Å². The lowest BCUT2D eigenvalue weighted by Gasteiger charge is -2.08. The zero-order chi connectivity index (χ0) is 18.0. The van der Waals surface area contributed by atoms with Crippen LogP contribution < -0.4 is 5.32 Å². The smallest absolute Gasteiger partial charge is 0.345 e. The van der Waals surface area contributed by atoms with Crippen LogP contribution in [-0.2, 0) is 12.7 Å². The average Bonchev–Trinajstić information content (AvgIpc) is 3.21. The van der Waals surface area contributed by atoms with Crippen LogP contribution in [0.25, 0.3) is 5.95 Å². The standard InChI is InChI=1S/C13H8ClF3N6OS/c14-9-1-7(5-25-9)11(24)18-4-10-21-6-22-23(10)12-19-2-8(3-20-12)13(15,16)17/h1-3,5-6H,4H2,(H,18,24). The fourth-order valence-electron chi connectivity index (χ4n) is 1.82. The molecule has 0 fully saturated rings. The Morgan fingerprint density at radius 1 is 1.28 bits per heavy atom. The van der Waals surface area contributed by atoms with E-state index in [9.17, 15) is 18.0 Å². The third kappa shape index (κ3) is 3.94. The van der Waals surface area contributed by atoms with Gasteiger partial charge in [-0.3, -0.25) is 4.79 Å². The fourth-order valence-corrected chi connectivity index (χ4v) is 2.68. The minimum atomic E-state index is -4.53. The summed E-state index contributed by atoms with van der Waals surface area (Å²) in [6.45, 7) is -0.0172. The largest absolute Gasteiger partial charge is 0.419 e. The van der Waals surface area contributed by atoms with Crippen molar-refractivity contribution in [2.75, 3.05) is 0 Å². The van der Waals surface area contributed by atoms with E-state index in [1.165, 1.54) is 23.7 Å². The van der Waals surface area contributed by atoms with Crippen LogP contribution in [0.2, 0.25) is 4.34 Å². The van der Waals surface area contributed by atoms with Crippen LogP contribution in [0, 0.1) is 0 Å². The molecule has 3 heterocycles. The number of carbonyl (C=O) groups excluding carboxylic acids is 1. The second-order valence-electron chi connectivity index (χ2n) is 4.68. The summed E-state index contributed by atoms with van der Waals surface area (Å²) in [5.41, 5.74) is -0.576. The summed E-state index contributed by atoms with van der Waals surface area (Å²) in [5, 5.41) is 8.07. The van der Waals surface area contributed by atoms with Crippen molar-refractivity contribution in [3.8, 4) is 5.95 Å². The van der Waals surface area contributed by atoms with E-state index in [1.807, 2.05) is 0 Å². The molecule has 0 unspecified atom stereocenters. The van der Waals surface area contributed by atoms with E-state index in [0.29, 0.717) is 22.3 Å². The normalized spacial score (nSPS) is 11.5. The predicted molar refractivity (Wildman–Crippen MR) is 82.5 cm³/mol. The number of rotatable bonds is 4. The van der Waals surface area contributed by atoms with Crippen molar-refractivity contribution in [2.45, 2.75) is 12.7 Å². The van der Waals surface area contributed by atoms with E-state index in [-0.39, 0.29) is 24.2 Å². The van der Waals surface area contributed by atoms with Gasteiger partial charge >= 0.3 is 6.18 Å². The van der Waals surface area contributed by atoms with Gasteiger partial charge in [-0.2, -0.15) is 23.0 Å². The summed E-state index contributed by atoms with van der Waals surface area (Å²) >= 11 is 6.99. The summed E-state index contributed by atoms with van der Waals surface area (Å²) in [6.07, 6.45) is -2.04. The second-order valence-corrected chi connectivity index (χ2v) is 6.22. The van der Waals surface area contributed by atoms with Crippen LogP contribution in [0.5, 0.6) is 0 Å². The lowest BCUT2D eigenvalue weighted by molar-refractivity contribution is -0.138. The third-order valence-electron chi connectivity index (χ3n) is 3.01. The van der Waals surface area contributed by atoms with Gasteiger partial charge in [0, 0.05) is 17.8 Å². The van der Waals surface area contributed by atoms with Gasteiger partial charge in [0.05, 0.1) is 22.0 Å². The quantitative estimate of drug-likeness (QED) is 0.742. The van der Waals surface area contributed by atoms with Gasteiger partial charge in [-0.1, -0.05) is 11.6 Å². The van der Waals surface area contributed by atoms with Crippen LogP contribution >= 0.6 is 22.9 Å². The SMILES string of the molecule is O=C(NCc1ncnn1-c1ncc(C(F)(F)F)cn1)c1csc(Cl)c1. The fraction of sp³-hybridized carbons (Fsp3) is 0.154. The number of aromatic nitrogens is 5. The molecule has 25 heavy (non-hydrogen) atoms. The van der Waals surface area contributed by atoms with Crippen molar-refractivity contribution in [2.24, 2.45) is 0 Å². The Kier molecular flexibility index (Phi) is 4.68. The lowest BCUT2D eigenvalue weighted by Crippen LogP contribution is -2.24. The molecule has 3 rings (SSSR count). The molecule has 0 saturated heterocycles. The molecule has 0 aliphatic heterocycles. The first-order valence-corrected chi connectivity index (χ1v) is 7.91. The zero-order valence-corrected chi connectivity index (χ0v) is 13.7. The minimum absolute atomic E-state index is 0.0172. The molecule has 0 saturated carbocycles. The minimum Gasteiger partial charge on any atom is -0.345 e. The van der Waals surface area contributed by atoms with E-state index >= 15 is 0 Å². The Morgan fingerprint density at radius 2 is 2.00 bits per heavy atom. The van der Waals surface area contributed by atoms with E-state index in [1.54, 1.807) is 5.38 Å². The third-order valence-corrected chi connectivity index (χ3v) is 4.10. The maximum atomic E-state index is 12.5. The first-order valence-electron chi connectivity index (χ1n) is 6.65. The molecular formula is C13H8ClF3N6OS. The molecule has 130 valence electrons. The number of nitrogens with zero attached hydrogens (tertiary/aromatic N) is 5. The van der Waals surface area contributed by atoms with Crippen molar-refractivity contribution in [1.82, 2.24) is 30.0 Å². The molecule has 3 aromatic rings. The molecule has 7 nitrogen and oxygen atoms in total. The Balaban J connectivity index is 1.73. The van der Waals surface area contributed by atoms with Gasteiger partial charge in [0.25, 0.3) is 11.9 Å². The maximum absolute atomic E-state index is 12.5. The van der Waals surface area contributed by atoms with E-state index in [4.69, 9.17) is 11.6 Å². The Labute approximate surface area is 147 Å². The van der Waals surface area contributed by atoms with Crippen LogP contribution in [0.1, 0.15) is 21.7 Å². The highest BCUT2D eigenvalue weighted by Gasteiger charge is 2.31. The van der Waals surface area contributed by atoms with Gasteiger partial charge in [0.1, 0.15) is 6.33 Å². The van der Waals surface area contributed by atoms with Crippen LogP contribution in [-0.4, -0.2) is 30.6 Å². The number of thiophene rings is 1. The molecule has 0 atom stereocenters. The molecule has 0 aliphatic rings. The van der Waals surface area contributed by atoms with Crippen LogP contribution in [0.15, 0.2) is 30.2 Å². The molecule has 3 aromatic heterocycles. The van der Waals surface area contributed by atoms with Gasteiger partial charge in [-0.15, -0.1) is 11.3 Å². The van der Waals surface area contributed by atoms with Crippen LogP contribution in [0.4, 0.5) is 13.2 Å². The first kappa shape index (κ1) is 17.3. The molecular weight excluding hydrogens is 381 g/mol. The number of amides is 1. The first-order chi connectivity index (χ1) is 11.8. The molecule has 1 N–H and O–H groups in total. The summed E-state index contributed by atoms with van der Waals surface area (Å²) in [4.78, 5) is 23.2. The predicted octanol–water partition coefficient (Wildman–Crippen LogP) is 2.72. The Bertz CT molecular complexity index is 892. The molecule has 0 aliphatic carbocycles. The van der Waals surface area contributed by atoms with Crippen LogP contribution in [0.3, 0.4) is 0 Å². The van der Waals surface area contributed by atoms with Crippen molar-refractivity contribution >= 4 is 28.8 Å². The van der Waals surface area contributed by atoms with Gasteiger partial charge in [0.15, 0.2) is 5.82 Å². The van der Waals surface area contributed by atoms with Gasteiger partial charge in [-0.05, 0) is 6.07 Å². The highest BCUT2D eigenvalue weighted by atomic mass is 35.5. The van der Waals surface area contributed by atoms with Gasteiger partial charge in [-0.25, -0.2) is 15.0 Å². The van der Waals surface area contributed by atoms with Crippen molar-refractivity contribution < 1.29 is 18.0 Å². The summed E-state index contributed by atoms with van der Waals surface area (Å²) in [5.74, 6) is -0.200. The zero-order valence-electron chi connectivity index (χ0n) is 12.2. The molecule has 0 bridgehead atoms. The van der Waals surface area contributed by atoms with Gasteiger partial charge < -0.3 is 5.32 Å². The Morgan fingerprint density at radius 3 is 2.60 bits per heavy atom. The number of hydrogen-bond acceptors (Lipinski definition) is 6. The average molecular weight is 389 g/mol. The lowest BCUT2D eigenvalue weighted by atomic mass is 10.3. The van der Waals surface area contributed by atoms with Gasteiger partial charge in [0.2, 0.25) is 0 Å². The maximum Gasteiger partial charge on any atom is 0.419 e. The van der Waals surface area contributed by atoms with E-state index in [2.05, 4.69) is 25.4 Å². The summed E-state index contributed by atoms with van der Waals surface area (Å²) in [7, 11) is 0. The molecule has 0 spiro atoms. The molecule has 0 radical (unpaired) electrons. The number of carbonyl (C=O) groups is 1. The van der Waals surface area contributed by atoms with E-state index < -0.39 is 11.7 Å². The monoisotopic (exact) mass is 388 g/mol. The second kappa shape index (κ2) is 6.76.